The van der Waals surface area contributed by atoms with E-state index in [2.05, 4.69) is 31.3 Å². The second-order valence-electron chi connectivity index (χ2n) is 8.70. The van der Waals surface area contributed by atoms with Gasteiger partial charge in [-0.15, -0.1) is 0 Å². The fraction of sp³-hybridized carbons (Fsp3) is 0.500. The molecule has 0 saturated heterocycles. The van der Waals surface area contributed by atoms with E-state index < -0.39 is 0 Å². The maximum Gasteiger partial charge on any atom is 0.262 e. The molecule has 162 valence electrons. The van der Waals surface area contributed by atoms with E-state index >= 15 is 0 Å². The molecule has 1 aliphatic rings. The highest BCUT2D eigenvalue weighted by Crippen LogP contribution is 2.28. The summed E-state index contributed by atoms with van der Waals surface area (Å²) in [5.74, 6) is 2.62. The van der Waals surface area contributed by atoms with Crippen LogP contribution in [0, 0.1) is 12.8 Å². The van der Waals surface area contributed by atoms with E-state index in [4.69, 9.17) is 9.47 Å². The molecule has 30 heavy (non-hydrogen) atoms. The third-order valence-electron chi connectivity index (χ3n) is 5.81. The summed E-state index contributed by atoms with van der Waals surface area (Å²) in [5.41, 5.74) is 2.98. The van der Waals surface area contributed by atoms with Gasteiger partial charge in [-0.05, 0) is 66.6 Å². The summed E-state index contributed by atoms with van der Waals surface area (Å²) in [4.78, 5) is 12.3. The van der Waals surface area contributed by atoms with Gasteiger partial charge in [-0.2, -0.15) is 0 Å². The Morgan fingerprint density at radius 2 is 1.77 bits per heavy atom. The Morgan fingerprint density at radius 1 is 1.03 bits per heavy atom. The first-order valence-corrected chi connectivity index (χ1v) is 11.3. The van der Waals surface area contributed by atoms with Crippen LogP contribution in [0.4, 0.5) is 5.69 Å². The highest BCUT2D eigenvalue weighted by molar-refractivity contribution is 5.91. The fourth-order valence-corrected chi connectivity index (χ4v) is 4.04. The van der Waals surface area contributed by atoms with Crippen LogP contribution in [0.1, 0.15) is 69.4 Å². The summed E-state index contributed by atoms with van der Waals surface area (Å²) in [6.45, 7) is 7.02. The summed E-state index contributed by atoms with van der Waals surface area (Å²) < 4.78 is 11.7. The van der Waals surface area contributed by atoms with E-state index in [9.17, 15) is 4.79 Å². The lowest BCUT2D eigenvalue weighted by molar-refractivity contribution is -0.118. The van der Waals surface area contributed by atoms with Crippen molar-refractivity contribution in [1.29, 1.82) is 0 Å². The minimum atomic E-state index is -0.169. The van der Waals surface area contributed by atoms with Crippen LogP contribution in [-0.2, 0) is 4.79 Å². The zero-order chi connectivity index (χ0) is 21.3. The Bertz CT molecular complexity index is 808. The van der Waals surface area contributed by atoms with Crippen molar-refractivity contribution in [3.63, 3.8) is 0 Å². The van der Waals surface area contributed by atoms with Crippen LogP contribution >= 0.6 is 0 Å². The minimum Gasteiger partial charge on any atom is -0.494 e. The zero-order valence-corrected chi connectivity index (χ0v) is 18.6. The molecule has 2 aromatic carbocycles. The van der Waals surface area contributed by atoms with Gasteiger partial charge < -0.3 is 14.8 Å². The molecule has 1 aliphatic carbocycles. The van der Waals surface area contributed by atoms with Crippen molar-refractivity contribution >= 4 is 11.6 Å². The minimum absolute atomic E-state index is 0.0111. The van der Waals surface area contributed by atoms with E-state index in [1.165, 1.54) is 32.1 Å². The van der Waals surface area contributed by atoms with E-state index in [1.807, 2.05) is 37.3 Å². The highest BCUT2D eigenvalue weighted by atomic mass is 16.5. The quantitative estimate of drug-likeness (QED) is 0.515. The fourth-order valence-electron chi connectivity index (χ4n) is 4.04. The lowest BCUT2D eigenvalue weighted by atomic mass is 9.87. The van der Waals surface area contributed by atoms with Gasteiger partial charge in [0.15, 0.2) is 6.61 Å². The van der Waals surface area contributed by atoms with Crippen LogP contribution in [0.2, 0.25) is 0 Å². The van der Waals surface area contributed by atoms with Gasteiger partial charge in [-0.3, -0.25) is 4.79 Å². The smallest absolute Gasteiger partial charge is 0.262 e. The van der Waals surface area contributed by atoms with Crippen molar-refractivity contribution < 1.29 is 14.3 Å². The number of rotatable bonds is 9. The molecule has 4 heteroatoms. The molecular weight excluding hydrogens is 374 g/mol. The largest absolute Gasteiger partial charge is 0.494 e. The van der Waals surface area contributed by atoms with Crippen LogP contribution in [0.15, 0.2) is 42.5 Å². The number of amides is 1. The first kappa shape index (κ1) is 22.2. The molecule has 0 aromatic heterocycles. The molecule has 2 aromatic rings. The normalized spacial score (nSPS) is 14.5. The van der Waals surface area contributed by atoms with Crippen LogP contribution < -0.4 is 14.8 Å². The number of hydrogen-bond acceptors (Lipinski definition) is 3. The maximum atomic E-state index is 12.3. The number of aryl methyl sites for hydroxylation is 1. The van der Waals surface area contributed by atoms with Crippen LogP contribution in [0.25, 0.3) is 0 Å². The zero-order valence-electron chi connectivity index (χ0n) is 18.6. The van der Waals surface area contributed by atoms with Crippen molar-refractivity contribution in [1.82, 2.24) is 0 Å². The van der Waals surface area contributed by atoms with E-state index in [0.29, 0.717) is 5.92 Å². The topological polar surface area (TPSA) is 47.6 Å². The van der Waals surface area contributed by atoms with Crippen molar-refractivity contribution in [2.45, 2.75) is 65.2 Å². The molecule has 0 spiro atoms. The first-order valence-electron chi connectivity index (χ1n) is 11.3. The second kappa shape index (κ2) is 11.1. The van der Waals surface area contributed by atoms with Crippen molar-refractivity contribution in [3.8, 4) is 11.5 Å². The second-order valence-corrected chi connectivity index (χ2v) is 8.70. The van der Waals surface area contributed by atoms with Gasteiger partial charge in [0.2, 0.25) is 0 Å². The molecule has 1 N–H and O–H groups in total. The van der Waals surface area contributed by atoms with E-state index in [0.717, 1.165) is 47.3 Å². The number of benzene rings is 2. The van der Waals surface area contributed by atoms with Crippen molar-refractivity contribution in [2.75, 3.05) is 18.5 Å². The molecule has 1 fully saturated rings. The van der Waals surface area contributed by atoms with Crippen LogP contribution in [0.3, 0.4) is 0 Å². The summed E-state index contributed by atoms with van der Waals surface area (Å²) in [6.07, 6.45) is 7.94. The number of ether oxygens (including phenoxy) is 2. The maximum absolute atomic E-state index is 12.3. The van der Waals surface area contributed by atoms with Crippen molar-refractivity contribution in [3.05, 3.63) is 53.6 Å². The van der Waals surface area contributed by atoms with Crippen LogP contribution in [-0.4, -0.2) is 19.1 Å². The Hall–Kier alpha value is -2.49. The van der Waals surface area contributed by atoms with Gasteiger partial charge in [0.1, 0.15) is 11.5 Å². The number of nitrogens with one attached hydrogen (secondary N) is 1. The summed E-state index contributed by atoms with van der Waals surface area (Å²) in [6, 6.07) is 13.7. The van der Waals surface area contributed by atoms with Crippen molar-refractivity contribution in [2.24, 2.45) is 5.92 Å². The molecule has 0 atom stereocenters. The first-order chi connectivity index (χ1) is 14.5. The summed E-state index contributed by atoms with van der Waals surface area (Å²) in [7, 11) is 0. The molecule has 0 radical (unpaired) electrons. The molecule has 1 amide bonds. The molecule has 0 heterocycles. The average molecular weight is 410 g/mol. The predicted octanol–water partition coefficient (Wildman–Crippen LogP) is 6.49. The number of carbonyl (C=O) groups is 1. The average Bonchev–Trinajstić information content (AvgIpc) is 2.74. The molecule has 0 unspecified atom stereocenters. The molecule has 4 nitrogen and oxygen atoms in total. The third kappa shape index (κ3) is 6.79. The third-order valence-corrected chi connectivity index (χ3v) is 5.81. The number of hydrogen-bond donors (Lipinski definition) is 1. The van der Waals surface area contributed by atoms with Gasteiger partial charge in [-0.1, -0.05) is 58.1 Å². The lowest BCUT2D eigenvalue weighted by Crippen LogP contribution is -2.20. The van der Waals surface area contributed by atoms with Crippen LogP contribution in [0.5, 0.6) is 11.5 Å². The molecular formula is C26H35NO3. The van der Waals surface area contributed by atoms with Gasteiger partial charge in [-0.25, -0.2) is 0 Å². The van der Waals surface area contributed by atoms with E-state index in [-0.39, 0.29) is 12.5 Å². The van der Waals surface area contributed by atoms with Gasteiger partial charge in [0.25, 0.3) is 5.91 Å². The molecule has 0 bridgehead atoms. The number of anilines is 1. The highest BCUT2D eigenvalue weighted by Gasteiger charge is 2.13. The monoisotopic (exact) mass is 409 g/mol. The molecule has 0 aliphatic heterocycles. The van der Waals surface area contributed by atoms with Gasteiger partial charge in [0, 0.05) is 5.69 Å². The standard InChI is InChI=1S/C26H35NO3/c1-19(2)24-14-9-20(3)17-25(24)30-18-26(28)27-22-10-12-23(13-11-22)29-16-15-21-7-5-4-6-8-21/h9-14,17,19,21H,4-8,15-16,18H2,1-3H3,(H,27,28). The Kier molecular flexibility index (Phi) is 8.18. The SMILES string of the molecule is Cc1ccc(C(C)C)c(OCC(=O)Nc2ccc(OCCC3CCCCC3)cc2)c1. The molecule has 1 saturated carbocycles. The Labute approximate surface area is 181 Å². The van der Waals surface area contributed by atoms with Gasteiger partial charge >= 0.3 is 0 Å². The number of carbonyl (C=O) groups excluding carboxylic acids is 1. The Morgan fingerprint density at radius 3 is 2.47 bits per heavy atom. The lowest BCUT2D eigenvalue weighted by Gasteiger charge is -2.21. The van der Waals surface area contributed by atoms with E-state index in [1.54, 1.807) is 0 Å². The Balaban J connectivity index is 1.44. The van der Waals surface area contributed by atoms with Gasteiger partial charge in [0.05, 0.1) is 6.61 Å². The predicted molar refractivity (Wildman–Crippen MR) is 123 cm³/mol. The summed E-state index contributed by atoms with van der Waals surface area (Å²) >= 11 is 0. The molecule has 3 rings (SSSR count). The summed E-state index contributed by atoms with van der Waals surface area (Å²) in [5, 5.41) is 2.89.